The highest BCUT2D eigenvalue weighted by molar-refractivity contribution is 9.10. The zero-order valence-corrected chi connectivity index (χ0v) is 10.6. The zero-order valence-electron chi connectivity index (χ0n) is 8.97. The Bertz CT molecular complexity index is 481. The van der Waals surface area contributed by atoms with Crippen molar-refractivity contribution >= 4 is 15.9 Å². The second-order valence-corrected chi connectivity index (χ2v) is 4.49. The molecule has 0 saturated carbocycles. The van der Waals surface area contributed by atoms with Gasteiger partial charge in [0.2, 0.25) is 0 Å². The summed E-state index contributed by atoms with van der Waals surface area (Å²) < 4.78 is 2.60. The average molecular weight is 281 g/mol. The van der Waals surface area contributed by atoms with Crippen molar-refractivity contribution in [2.45, 2.75) is 19.6 Å². The van der Waals surface area contributed by atoms with Gasteiger partial charge < -0.3 is 9.67 Å². The number of aliphatic hydroxyl groups is 1. The molecule has 0 aliphatic heterocycles. The van der Waals surface area contributed by atoms with E-state index >= 15 is 0 Å². The third kappa shape index (κ3) is 2.51. The summed E-state index contributed by atoms with van der Waals surface area (Å²) in [5, 5.41) is 10.1. The van der Waals surface area contributed by atoms with Crippen molar-refractivity contribution in [3.05, 3.63) is 52.5 Å². The summed E-state index contributed by atoms with van der Waals surface area (Å²) in [6.07, 6.45) is 3.03. The monoisotopic (exact) mass is 280 g/mol. The molecule has 4 heteroatoms. The number of hydrogen-bond acceptors (Lipinski definition) is 2. The minimum Gasteiger partial charge on any atom is -0.387 e. The lowest BCUT2D eigenvalue weighted by Gasteiger charge is -2.12. The van der Waals surface area contributed by atoms with Crippen LogP contribution in [0.2, 0.25) is 0 Å². The summed E-state index contributed by atoms with van der Waals surface area (Å²) in [6, 6.07) is 7.90. The van der Waals surface area contributed by atoms with Crippen LogP contribution >= 0.6 is 15.9 Å². The van der Waals surface area contributed by atoms with Gasteiger partial charge in [0, 0.05) is 12.4 Å². The van der Waals surface area contributed by atoms with Crippen molar-refractivity contribution in [1.82, 2.24) is 9.55 Å². The number of benzene rings is 1. The number of aromatic nitrogens is 2. The molecule has 0 amide bonds. The Kier molecular flexibility index (Phi) is 3.41. The number of hydrogen-bond donors (Lipinski definition) is 1. The second-order valence-electron chi connectivity index (χ2n) is 3.78. The highest BCUT2D eigenvalue weighted by Crippen LogP contribution is 2.18. The summed E-state index contributed by atoms with van der Waals surface area (Å²) in [4.78, 5) is 4.05. The maximum Gasteiger partial charge on any atom is 0.177 e. The molecule has 2 aromatic rings. The SMILES string of the molecule is Cc1cccc(C(O)Cn2ccnc2Br)c1. The van der Waals surface area contributed by atoms with Crippen molar-refractivity contribution in [2.75, 3.05) is 0 Å². The first kappa shape index (κ1) is 11.4. The van der Waals surface area contributed by atoms with Gasteiger partial charge in [-0.1, -0.05) is 29.8 Å². The lowest BCUT2D eigenvalue weighted by molar-refractivity contribution is 0.155. The summed E-state index contributed by atoms with van der Waals surface area (Å²) in [5.41, 5.74) is 2.09. The standard InChI is InChI=1S/C12H13BrN2O/c1-9-3-2-4-10(7-9)11(16)8-15-6-5-14-12(15)13/h2-7,11,16H,8H2,1H3. The molecule has 0 fully saturated rings. The first-order chi connectivity index (χ1) is 7.66. The van der Waals surface area contributed by atoms with Gasteiger partial charge in [0.15, 0.2) is 4.73 Å². The highest BCUT2D eigenvalue weighted by atomic mass is 79.9. The van der Waals surface area contributed by atoms with Gasteiger partial charge in [0.05, 0.1) is 12.6 Å². The number of halogens is 1. The maximum absolute atomic E-state index is 10.1. The Labute approximate surface area is 103 Å². The summed E-state index contributed by atoms with van der Waals surface area (Å²) >= 11 is 3.32. The normalized spacial score (nSPS) is 12.7. The first-order valence-corrected chi connectivity index (χ1v) is 5.87. The van der Waals surface area contributed by atoms with E-state index in [1.807, 2.05) is 42.0 Å². The Morgan fingerprint density at radius 2 is 2.31 bits per heavy atom. The second kappa shape index (κ2) is 4.80. The number of aryl methyl sites for hydroxylation is 1. The Morgan fingerprint density at radius 1 is 1.50 bits per heavy atom. The van der Waals surface area contributed by atoms with Crippen molar-refractivity contribution in [2.24, 2.45) is 0 Å². The van der Waals surface area contributed by atoms with E-state index in [-0.39, 0.29) is 0 Å². The van der Waals surface area contributed by atoms with Crippen LogP contribution in [0.3, 0.4) is 0 Å². The average Bonchev–Trinajstić information content (AvgIpc) is 2.64. The van der Waals surface area contributed by atoms with Crippen LogP contribution < -0.4 is 0 Å². The molecule has 3 nitrogen and oxygen atoms in total. The summed E-state index contributed by atoms with van der Waals surface area (Å²) in [7, 11) is 0. The van der Waals surface area contributed by atoms with Crippen molar-refractivity contribution < 1.29 is 5.11 Å². The van der Waals surface area contributed by atoms with Gasteiger partial charge in [-0.25, -0.2) is 4.98 Å². The van der Waals surface area contributed by atoms with Gasteiger partial charge in [-0.3, -0.25) is 0 Å². The Morgan fingerprint density at radius 3 is 2.94 bits per heavy atom. The highest BCUT2D eigenvalue weighted by Gasteiger charge is 2.09. The molecule has 1 aromatic carbocycles. The lowest BCUT2D eigenvalue weighted by atomic mass is 10.1. The minimum atomic E-state index is -0.509. The van der Waals surface area contributed by atoms with Crippen LogP contribution in [0.25, 0.3) is 0 Å². The fraction of sp³-hybridized carbons (Fsp3) is 0.250. The molecule has 0 saturated heterocycles. The van der Waals surface area contributed by atoms with Gasteiger partial charge in [-0.15, -0.1) is 0 Å². The van der Waals surface area contributed by atoms with Crippen LogP contribution in [-0.4, -0.2) is 14.7 Å². The van der Waals surface area contributed by atoms with Gasteiger partial charge in [-0.05, 0) is 28.4 Å². The van der Waals surface area contributed by atoms with Crippen LogP contribution in [0.5, 0.6) is 0 Å². The zero-order chi connectivity index (χ0) is 11.5. The smallest absolute Gasteiger partial charge is 0.177 e. The van der Waals surface area contributed by atoms with Gasteiger partial charge >= 0.3 is 0 Å². The molecule has 0 aliphatic carbocycles. The molecule has 0 spiro atoms. The maximum atomic E-state index is 10.1. The van der Waals surface area contributed by atoms with E-state index in [0.717, 1.165) is 15.9 Å². The molecule has 16 heavy (non-hydrogen) atoms. The van der Waals surface area contributed by atoms with E-state index < -0.39 is 6.10 Å². The van der Waals surface area contributed by atoms with Crippen molar-refractivity contribution in [3.63, 3.8) is 0 Å². The molecule has 1 N–H and O–H groups in total. The van der Waals surface area contributed by atoms with E-state index in [9.17, 15) is 5.11 Å². The molecule has 0 radical (unpaired) electrons. The van der Waals surface area contributed by atoms with E-state index in [1.54, 1.807) is 6.20 Å². The predicted octanol–water partition coefficient (Wildman–Crippen LogP) is 2.69. The third-order valence-electron chi connectivity index (χ3n) is 2.46. The van der Waals surface area contributed by atoms with Gasteiger partial charge in [-0.2, -0.15) is 0 Å². The molecule has 2 rings (SSSR count). The topological polar surface area (TPSA) is 38.0 Å². The Balaban J connectivity index is 2.14. The molecule has 1 atom stereocenters. The minimum absolute atomic E-state index is 0.504. The molecule has 1 heterocycles. The number of imidazole rings is 1. The van der Waals surface area contributed by atoms with E-state index in [1.165, 1.54) is 0 Å². The fourth-order valence-corrected chi connectivity index (χ4v) is 2.00. The predicted molar refractivity (Wildman–Crippen MR) is 66.1 cm³/mol. The number of rotatable bonds is 3. The van der Waals surface area contributed by atoms with Crippen molar-refractivity contribution in [1.29, 1.82) is 0 Å². The largest absolute Gasteiger partial charge is 0.387 e. The molecule has 0 bridgehead atoms. The Hall–Kier alpha value is -1.13. The molecule has 1 unspecified atom stereocenters. The quantitative estimate of drug-likeness (QED) is 0.939. The number of nitrogens with zero attached hydrogens (tertiary/aromatic N) is 2. The van der Waals surface area contributed by atoms with Gasteiger partial charge in [0.25, 0.3) is 0 Å². The van der Waals surface area contributed by atoms with Crippen LogP contribution in [0.4, 0.5) is 0 Å². The van der Waals surface area contributed by atoms with Crippen LogP contribution in [0.1, 0.15) is 17.2 Å². The van der Waals surface area contributed by atoms with Crippen molar-refractivity contribution in [3.8, 4) is 0 Å². The molecular formula is C12H13BrN2O. The van der Waals surface area contributed by atoms with Crippen LogP contribution in [-0.2, 0) is 6.54 Å². The van der Waals surface area contributed by atoms with Crippen LogP contribution in [0, 0.1) is 6.92 Å². The fourth-order valence-electron chi connectivity index (χ4n) is 1.62. The van der Waals surface area contributed by atoms with Crippen LogP contribution in [0.15, 0.2) is 41.4 Å². The number of aliphatic hydroxyl groups excluding tert-OH is 1. The van der Waals surface area contributed by atoms with E-state index in [2.05, 4.69) is 20.9 Å². The van der Waals surface area contributed by atoms with E-state index in [0.29, 0.717) is 6.54 Å². The third-order valence-corrected chi connectivity index (χ3v) is 3.12. The summed E-state index contributed by atoms with van der Waals surface area (Å²) in [5.74, 6) is 0. The molecule has 84 valence electrons. The molecular weight excluding hydrogens is 268 g/mol. The molecule has 0 aliphatic rings. The molecule has 1 aromatic heterocycles. The summed E-state index contributed by atoms with van der Waals surface area (Å²) in [6.45, 7) is 2.52. The van der Waals surface area contributed by atoms with E-state index in [4.69, 9.17) is 0 Å². The lowest BCUT2D eigenvalue weighted by Crippen LogP contribution is -2.08. The van der Waals surface area contributed by atoms with Gasteiger partial charge in [0.1, 0.15) is 0 Å². The first-order valence-electron chi connectivity index (χ1n) is 5.08.